The van der Waals surface area contributed by atoms with Gasteiger partial charge in [-0.3, -0.25) is 0 Å². The first-order valence-corrected chi connectivity index (χ1v) is 7.23. The Morgan fingerprint density at radius 3 is 2.73 bits per heavy atom. The molecule has 4 heteroatoms. The number of thiazole rings is 1. The molecule has 0 unspecified atom stereocenters. The van der Waals surface area contributed by atoms with E-state index in [2.05, 4.69) is 38.0 Å². The second-order valence-electron chi connectivity index (χ2n) is 4.12. The Kier molecular flexibility index (Phi) is 5.64. The molecule has 0 aromatic carbocycles. The van der Waals surface area contributed by atoms with E-state index in [1.807, 2.05) is 29.3 Å². The molecule has 1 rings (SSSR count). The third kappa shape index (κ3) is 5.54. The molecule has 1 heterocycles. The van der Waals surface area contributed by atoms with Gasteiger partial charge in [-0.2, -0.15) is 11.8 Å². The summed E-state index contributed by atoms with van der Waals surface area (Å²) in [7, 11) is 0. The number of thioether (sulfide) groups is 1. The summed E-state index contributed by atoms with van der Waals surface area (Å²) in [5.41, 5.74) is 0. The van der Waals surface area contributed by atoms with Crippen LogP contribution in [0.1, 0.15) is 37.6 Å². The van der Waals surface area contributed by atoms with Crippen LogP contribution in [0.3, 0.4) is 0 Å². The van der Waals surface area contributed by atoms with Crippen molar-refractivity contribution in [3.05, 3.63) is 16.1 Å². The van der Waals surface area contributed by atoms with Crippen molar-refractivity contribution in [2.75, 3.05) is 0 Å². The molecule has 0 amide bonds. The molecule has 0 radical (unpaired) electrons. The minimum absolute atomic E-state index is 0.542. The molecule has 1 aromatic rings. The van der Waals surface area contributed by atoms with Crippen LogP contribution in [0, 0.1) is 0 Å². The summed E-state index contributed by atoms with van der Waals surface area (Å²) in [6.07, 6.45) is 2.00. The van der Waals surface area contributed by atoms with E-state index in [-0.39, 0.29) is 0 Å². The molecule has 0 aliphatic rings. The van der Waals surface area contributed by atoms with Crippen molar-refractivity contribution in [3.63, 3.8) is 0 Å². The maximum Gasteiger partial charge on any atom is 0.103 e. The fourth-order valence-electron chi connectivity index (χ4n) is 1.04. The predicted molar refractivity (Wildman–Crippen MR) is 70.5 cm³/mol. The molecule has 0 atom stereocenters. The zero-order valence-corrected chi connectivity index (χ0v) is 11.5. The lowest BCUT2D eigenvalue weighted by Crippen LogP contribution is -2.21. The van der Waals surface area contributed by atoms with Crippen LogP contribution >= 0.6 is 23.1 Å². The summed E-state index contributed by atoms with van der Waals surface area (Å²) >= 11 is 3.77. The van der Waals surface area contributed by atoms with Gasteiger partial charge in [0.05, 0.1) is 0 Å². The zero-order chi connectivity index (χ0) is 11.3. The van der Waals surface area contributed by atoms with Crippen LogP contribution in [0.5, 0.6) is 0 Å². The van der Waals surface area contributed by atoms with E-state index in [0.717, 1.165) is 12.3 Å². The maximum absolute atomic E-state index is 4.42. The van der Waals surface area contributed by atoms with Crippen molar-refractivity contribution in [1.29, 1.82) is 0 Å². The molecule has 0 spiro atoms. The summed E-state index contributed by atoms with van der Waals surface area (Å²) in [6.45, 7) is 9.72. The molecule has 0 saturated carbocycles. The van der Waals surface area contributed by atoms with E-state index in [4.69, 9.17) is 0 Å². The average Bonchev–Trinajstić information content (AvgIpc) is 2.59. The Labute approximate surface area is 101 Å². The van der Waals surface area contributed by atoms with Crippen molar-refractivity contribution in [2.24, 2.45) is 0 Å². The molecule has 1 N–H and O–H groups in total. The smallest absolute Gasteiger partial charge is 0.103 e. The van der Waals surface area contributed by atoms with Gasteiger partial charge < -0.3 is 5.32 Å². The van der Waals surface area contributed by atoms with Crippen LogP contribution in [-0.2, 0) is 12.3 Å². The SMILES string of the molecule is CC(C)NCc1cnc(CSC(C)C)s1. The molecule has 0 fully saturated rings. The van der Waals surface area contributed by atoms with Crippen LogP contribution in [0.4, 0.5) is 0 Å². The number of rotatable bonds is 6. The summed E-state index contributed by atoms with van der Waals surface area (Å²) in [4.78, 5) is 5.76. The van der Waals surface area contributed by atoms with Crippen molar-refractivity contribution < 1.29 is 0 Å². The largest absolute Gasteiger partial charge is 0.310 e. The minimum Gasteiger partial charge on any atom is -0.310 e. The van der Waals surface area contributed by atoms with Crippen molar-refractivity contribution in [2.45, 2.75) is 51.3 Å². The van der Waals surface area contributed by atoms with Crippen LogP contribution < -0.4 is 5.32 Å². The van der Waals surface area contributed by atoms with E-state index in [1.54, 1.807) is 0 Å². The fraction of sp³-hybridized carbons (Fsp3) is 0.727. The zero-order valence-electron chi connectivity index (χ0n) is 9.91. The highest BCUT2D eigenvalue weighted by Gasteiger charge is 2.03. The van der Waals surface area contributed by atoms with E-state index in [1.165, 1.54) is 9.88 Å². The Bertz CT molecular complexity index is 255. The molecule has 1 aromatic heterocycles. The Hall–Kier alpha value is -0.0600. The molecular weight excluding hydrogens is 224 g/mol. The summed E-state index contributed by atoms with van der Waals surface area (Å²) in [5, 5.41) is 5.33. The van der Waals surface area contributed by atoms with E-state index in [0.29, 0.717) is 11.3 Å². The van der Waals surface area contributed by atoms with Gasteiger partial charge in [0.25, 0.3) is 0 Å². The first kappa shape index (κ1) is 13.0. The van der Waals surface area contributed by atoms with Crippen LogP contribution in [0.25, 0.3) is 0 Å². The van der Waals surface area contributed by atoms with Gasteiger partial charge in [0, 0.05) is 29.4 Å². The van der Waals surface area contributed by atoms with Gasteiger partial charge in [0.1, 0.15) is 5.01 Å². The standard InChI is InChI=1S/C11H20N2S2/c1-8(2)12-5-10-6-13-11(15-10)7-14-9(3)4/h6,8-9,12H,5,7H2,1-4H3. The van der Waals surface area contributed by atoms with E-state index < -0.39 is 0 Å². The van der Waals surface area contributed by atoms with Crippen molar-refractivity contribution in [1.82, 2.24) is 10.3 Å². The predicted octanol–water partition coefficient (Wildman–Crippen LogP) is 3.28. The highest BCUT2D eigenvalue weighted by atomic mass is 32.2. The maximum atomic E-state index is 4.42. The van der Waals surface area contributed by atoms with Gasteiger partial charge in [-0.15, -0.1) is 11.3 Å². The topological polar surface area (TPSA) is 24.9 Å². The number of hydrogen-bond donors (Lipinski definition) is 1. The monoisotopic (exact) mass is 244 g/mol. The molecule has 2 nitrogen and oxygen atoms in total. The number of nitrogens with one attached hydrogen (secondary N) is 1. The minimum atomic E-state index is 0.542. The molecule has 0 aliphatic heterocycles. The lowest BCUT2D eigenvalue weighted by molar-refractivity contribution is 0.593. The Balaban J connectivity index is 2.35. The lowest BCUT2D eigenvalue weighted by atomic mass is 10.4. The highest BCUT2D eigenvalue weighted by molar-refractivity contribution is 7.99. The first-order valence-electron chi connectivity index (χ1n) is 5.36. The third-order valence-corrected chi connectivity index (χ3v) is 4.11. The van der Waals surface area contributed by atoms with Gasteiger partial charge in [-0.05, 0) is 5.25 Å². The number of nitrogens with zero attached hydrogens (tertiary/aromatic N) is 1. The molecule has 0 bridgehead atoms. The normalized spacial score (nSPS) is 11.6. The first-order chi connectivity index (χ1) is 7.08. The number of aromatic nitrogens is 1. The summed E-state index contributed by atoms with van der Waals surface area (Å²) in [5.74, 6) is 1.05. The number of hydrogen-bond acceptors (Lipinski definition) is 4. The van der Waals surface area contributed by atoms with E-state index >= 15 is 0 Å². The molecule has 0 aliphatic carbocycles. The van der Waals surface area contributed by atoms with Gasteiger partial charge in [0.2, 0.25) is 0 Å². The van der Waals surface area contributed by atoms with Gasteiger partial charge in [-0.25, -0.2) is 4.98 Å². The third-order valence-electron chi connectivity index (χ3n) is 1.83. The van der Waals surface area contributed by atoms with Crippen LogP contribution in [0.2, 0.25) is 0 Å². The van der Waals surface area contributed by atoms with Gasteiger partial charge in [0.15, 0.2) is 0 Å². The second-order valence-corrected chi connectivity index (χ2v) is 6.88. The molecular formula is C11H20N2S2. The Morgan fingerprint density at radius 1 is 1.40 bits per heavy atom. The summed E-state index contributed by atoms with van der Waals surface area (Å²) < 4.78 is 0. The second kappa shape index (κ2) is 6.51. The van der Waals surface area contributed by atoms with Gasteiger partial charge >= 0.3 is 0 Å². The fourth-order valence-corrected chi connectivity index (χ4v) is 2.70. The van der Waals surface area contributed by atoms with Crippen LogP contribution in [0.15, 0.2) is 6.20 Å². The molecule has 15 heavy (non-hydrogen) atoms. The van der Waals surface area contributed by atoms with Crippen LogP contribution in [-0.4, -0.2) is 16.3 Å². The summed E-state index contributed by atoms with van der Waals surface area (Å²) in [6, 6.07) is 0.542. The van der Waals surface area contributed by atoms with E-state index in [9.17, 15) is 0 Å². The van der Waals surface area contributed by atoms with Crippen molar-refractivity contribution in [3.8, 4) is 0 Å². The highest BCUT2D eigenvalue weighted by Crippen LogP contribution is 2.21. The molecule has 86 valence electrons. The Morgan fingerprint density at radius 2 is 2.13 bits per heavy atom. The average molecular weight is 244 g/mol. The lowest BCUT2D eigenvalue weighted by Gasteiger charge is -2.04. The van der Waals surface area contributed by atoms with Crippen molar-refractivity contribution >= 4 is 23.1 Å². The quantitative estimate of drug-likeness (QED) is 0.831. The van der Waals surface area contributed by atoms with Gasteiger partial charge in [-0.1, -0.05) is 27.7 Å². The molecule has 0 saturated heterocycles.